The normalized spacial score (nSPS) is 30.6. The average Bonchev–Trinajstić information content (AvgIpc) is 3.06. The van der Waals surface area contributed by atoms with Gasteiger partial charge in [-0.15, -0.1) is 0 Å². The van der Waals surface area contributed by atoms with E-state index in [0.717, 1.165) is 17.9 Å². The second-order valence-corrected chi connectivity index (χ2v) is 4.73. The highest BCUT2D eigenvalue weighted by molar-refractivity contribution is 5.20. The average molecular weight is 191 g/mol. The van der Waals surface area contributed by atoms with Crippen molar-refractivity contribution in [2.75, 3.05) is 6.54 Å². The van der Waals surface area contributed by atoms with E-state index in [2.05, 4.69) is 16.6 Å². The molecule has 2 aliphatic rings. The second-order valence-electron chi connectivity index (χ2n) is 4.73. The molecule has 2 aliphatic carbocycles. The summed E-state index contributed by atoms with van der Waals surface area (Å²) < 4.78 is 1.90. The first-order chi connectivity index (χ1) is 6.83. The molecule has 2 fully saturated rings. The van der Waals surface area contributed by atoms with Crippen molar-refractivity contribution in [2.45, 2.75) is 31.2 Å². The van der Waals surface area contributed by atoms with Gasteiger partial charge in [0.25, 0.3) is 0 Å². The minimum atomic E-state index is 0.787. The van der Waals surface area contributed by atoms with E-state index in [1.807, 2.05) is 17.9 Å². The summed E-state index contributed by atoms with van der Waals surface area (Å²) in [6, 6.07) is 0.852. The van der Waals surface area contributed by atoms with E-state index < -0.39 is 0 Å². The Hall–Kier alpha value is -0.830. The third-order valence-electron chi connectivity index (χ3n) is 3.32. The summed E-state index contributed by atoms with van der Waals surface area (Å²) in [5.41, 5.74) is 1.43. The third kappa shape index (κ3) is 1.69. The Morgan fingerprint density at radius 2 is 2.43 bits per heavy atom. The first-order valence-corrected chi connectivity index (χ1v) is 5.55. The van der Waals surface area contributed by atoms with Crippen molar-refractivity contribution in [3.05, 3.63) is 18.0 Å². The zero-order valence-corrected chi connectivity index (χ0v) is 8.61. The molecule has 2 saturated carbocycles. The molecule has 1 aromatic heterocycles. The monoisotopic (exact) mass is 191 g/mol. The molecule has 0 spiro atoms. The first-order valence-electron chi connectivity index (χ1n) is 5.55. The fraction of sp³-hybridized carbons (Fsp3) is 0.727. The topological polar surface area (TPSA) is 29.9 Å². The molecule has 76 valence electrons. The zero-order chi connectivity index (χ0) is 9.54. The highest BCUT2D eigenvalue weighted by atomic mass is 15.2. The highest BCUT2D eigenvalue weighted by Gasteiger charge is 2.39. The maximum Gasteiger partial charge on any atom is 0.0524 e. The van der Waals surface area contributed by atoms with E-state index >= 15 is 0 Å². The molecule has 1 heterocycles. The largest absolute Gasteiger partial charge is 0.314 e. The molecule has 0 radical (unpaired) electrons. The van der Waals surface area contributed by atoms with Crippen LogP contribution in [0.25, 0.3) is 0 Å². The Balaban J connectivity index is 1.51. The first kappa shape index (κ1) is 8.48. The Morgan fingerprint density at radius 3 is 3.07 bits per heavy atom. The molecule has 0 unspecified atom stereocenters. The molecule has 0 bridgehead atoms. The van der Waals surface area contributed by atoms with Crippen LogP contribution >= 0.6 is 0 Å². The van der Waals surface area contributed by atoms with E-state index in [4.69, 9.17) is 0 Å². The van der Waals surface area contributed by atoms with Crippen molar-refractivity contribution in [1.29, 1.82) is 0 Å². The van der Waals surface area contributed by atoms with E-state index in [1.54, 1.807) is 0 Å². The van der Waals surface area contributed by atoms with E-state index in [0.29, 0.717) is 0 Å². The van der Waals surface area contributed by atoms with Crippen molar-refractivity contribution < 1.29 is 0 Å². The van der Waals surface area contributed by atoms with Gasteiger partial charge in [0.05, 0.1) is 6.20 Å². The van der Waals surface area contributed by atoms with Crippen molar-refractivity contribution >= 4 is 0 Å². The number of rotatable bonds is 4. The zero-order valence-electron chi connectivity index (χ0n) is 8.61. The molecule has 3 nitrogen and oxygen atoms in total. The molecule has 3 rings (SSSR count). The van der Waals surface area contributed by atoms with Gasteiger partial charge in [0.2, 0.25) is 0 Å². The lowest BCUT2D eigenvalue weighted by atomic mass is 10.2. The molecule has 1 aromatic rings. The number of hydrogen-bond acceptors (Lipinski definition) is 2. The van der Waals surface area contributed by atoms with Crippen LogP contribution < -0.4 is 5.32 Å². The summed E-state index contributed by atoms with van der Waals surface area (Å²) >= 11 is 0. The summed E-state index contributed by atoms with van der Waals surface area (Å²) in [5, 5.41) is 7.81. The quantitative estimate of drug-likeness (QED) is 0.777. The second kappa shape index (κ2) is 3.09. The van der Waals surface area contributed by atoms with Gasteiger partial charge in [-0.3, -0.25) is 4.68 Å². The lowest BCUT2D eigenvalue weighted by Crippen LogP contribution is -2.19. The van der Waals surface area contributed by atoms with E-state index in [1.165, 1.54) is 31.4 Å². The molecule has 0 aliphatic heterocycles. The molecule has 14 heavy (non-hydrogen) atoms. The van der Waals surface area contributed by atoms with Crippen LogP contribution in [0.4, 0.5) is 0 Å². The van der Waals surface area contributed by atoms with Crippen LogP contribution in [-0.2, 0) is 7.05 Å². The summed E-state index contributed by atoms with van der Waals surface area (Å²) in [5.74, 6) is 1.66. The van der Waals surface area contributed by atoms with Gasteiger partial charge in [-0.1, -0.05) is 0 Å². The molecule has 0 amide bonds. The minimum Gasteiger partial charge on any atom is -0.314 e. The van der Waals surface area contributed by atoms with Gasteiger partial charge in [-0.05, 0) is 43.2 Å². The van der Waals surface area contributed by atoms with Crippen LogP contribution in [-0.4, -0.2) is 22.4 Å². The maximum absolute atomic E-state index is 4.22. The summed E-state index contributed by atoms with van der Waals surface area (Å²) in [6.07, 6.45) is 8.31. The number of nitrogens with one attached hydrogen (secondary N) is 1. The number of hydrogen-bond donors (Lipinski definition) is 1. The van der Waals surface area contributed by atoms with Crippen LogP contribution in [0.1, 0.15) is 30.7 Å². The molecule has 0 saturated heterocycles. The molecular formula is C11H17N3. The number of nitrogens with zero attached hydrogens (tertiary/aromatic N) is 2. The predicted octanol–water partition coefficient (Wildman–Crippen LogP) is 1.28. The predicted molar refractivity (Wildman–Crippen MR) is 55.1 cm³/mol. The van der Waals surface area contributed by atoms with Crippen molar-refractivity contribution in [1.82, 2.24) is 15.1 Å². The van der Waals surface area contributed by atoms with Gasteiger partial charge >= 0.3 is 0 Å². The summed E-state index contributed by atoms with van der Waals surface area (Å²) in [4.78, 5) is 0. The van der Waals surface area contributed by atoms with E-state index in [9.17, 15) is 0 Å². The van der Waals surface area contributed by atoms with Gasteiger partial charge in [-0.25, -0.2) is 0 Å². The van der Waals surface area contributed by atoms with Crippen LogP contribution in [0.2, 0.25) is 0 Å². The Labute approximate surface area is 84.5 Å². The number of aromatic nitrogens is 2. The van der Waals surface area contributed by atoms with Gasteiger partial charge in [0.1, 0.15) is 0 Å². The van der Waals surface area contributed by atoms with Gasteiger partial charge in [0.15, 0.2) is 0 Å². The van der Waals surface area contributed by atoms with Crippen LogP contribution in [0.5, 0.6) is 0 Å². The van der Waals surface area contributed by atoms with Gasteiger partial charge in [-0.2, -0.15) is 5.10 Å². The Kier molecular flexibility index (Phi) is 1.87. The van der Waals surface area contributed by atoms with Crippen molar-refractivity contribution in [3.63, 3.8) is 0 Å². The highest BCUT2D eigenvalue weighted by Crippen LogP contribution is 2.47. The third-order valence-corrected chi connectivity index (χ3v) is 3.32. The minimum absolute atomic E-state index is 0.787. The molecule has 3 heteroatoms. The lowest BCUT2D eigenvalue weighted by Gasteiger charge is -1.99. The standard InChI is InChI=1S/C11H17N3/c1-14-7-9(6-13-14)11-4-8(11)5-12-10-2-3-10/h6-8,10-12H,2-5H2,1H3/t8-,11+/m0/s1. The fourth-order valence-corrected chi connectivity index (χ4v) is 2.12. The number of aryl methyl sites for hydroxylation is 1. The Bertz CT molecular complexity index is 327. The van der Waals surface area contributed by atoms with Crippen LogP contribution in [0, 0.1) is 5.92 Å². The molecular weight excluding hydrogens is 174 g/mol. The SMILES string of the molecule is Cn1cc([C@@H]2C[C@H]2CNC2CC2)cn1. The van der Waals surface area contributed by atoms with Crippen molar-refractivity contribution in [3.8, 4) is 0 Å². The molecule has 0 aromatic carbocycles. The molecule has 1 N–H and O–H groups in total. The van der Waals surface area contributed by atoms with E-state index in [-0.39, 0.29) is 0 Å². The smallest absolute Gasteiger partial charge is 0.0524 e. The summed E-state index contributed by atoms with van der Waals surface area (Å²) in [6.45, 7) is 1.21. The van der Waals surface area contributed by atoms with Gasteiger partial charge in [0, 0.05) is 19.3 Å². The van der Waals surface area contributed by atoms with Crippen molar-refractivity contribution in [2.24, 2.45) is 13.0 Å². The Morgan fingerprint density at radius 1 is 1.57 bits per heavy atom. The maximum atomic E-state index is 4.22. The van der Waals surface area contributed by atoms with Gasteiger partial charge < -0.3 is 5.32 Å². The fourth-order valence-electron chi connectivity index (χ4n) is 2.12. The lowest BCUT2D eigenvalue weighted by molar-refractivity contribution is 0.623. The van der Waals surface area contributed by atoms with Crippen LogP contribution in [0.15, 0.2) is 12.4 Å². The van der Waals surface area contributed by atoms with Crippen LogP contribution in [0.3, 0.4) is 0 Å². The summed E-state index contributed by atoms with van der Waals surface area (Å²) in [7, 11) is 1.99. The molecule has 2 atom stereocenters.